The number of methoxy groups -OCH3 is 1. The molecule has 1 heterocycles. The molecule has 0 aliphatic rings. The highest BCUT2D eigenvalue weighted by atomic mass is 19.1. The van der Waals surface area contributed by atoms with Gasteiger partial charge in [0.25, 0.3) is 0 Å². The summed E-state index contributed by atoms with van der Waals surface area (Å²) in [5.74, 6) is 1.02. The van der Waals surface area contributed by atoms with Crippen LogP contribution in [0.15, 0.2) is 60.7 Å². The fraction of sp³-hybridized carbons (Fsp3) is 0.105. The summed E-state index contributed by atoms with van der Waals surface area (Å²) >= 11 is 0. The minimum atomic E-state index is -0.334. The molecule has 0 atom stereocenters. The molecule has 1 amide bonds. The molecule has 132 valence electrons. The SMILES string of the molecule is COc1cccc(Nc2ccc(NC(=O)Cc3ccc(F)cc3)nn2)c1. The molecule has 3 rings (SSSR count). The molecule has 0 aliphatic carbocycles. The number of carbonyl (C=O) groups is 1. The first-order valence-corrected chi connectivity index (χ1v) is 7.91. The van der Waals surface area contributed by atoms with Crippen molar-refractivity contribution < 1.29 is 13.9 Å². The Morgan fingerprint density at radius 2 is 1.77 bits per heavy atom. The number of nitrogens with one attached hydrogen (secondary N) is 2. The lowest BCUT2D eigenvalue weighted by molar-refractivity contribution is -0.115. The first-order valence-electron chi connectivity index (χ1n) is 7.91. The van der Waals surface area contributed by atoms with Crippen LogP contribution in [-0.2, 0) is 11.2 Å². The van der Waals surface area contributed by atoms with E-state index in [-0.39, 0.29) is 18.1 Å². The molecule has 0 radical (unpaired) electrons. The predicted molar refractivity (Wildman–Crippen MR) is 97.0 cm³/mol. The number of rotatable bonds is 6. The van der Waals surface area contributed by atoms with Gasteiger partial charge in [0, 0.05) is 11.8 Å². The van der Waals surface area contributed by atoms with Crippen molar-refractivity contribution in [2.75, 3.05) is 17.7 Å². The third-order valence-electron chi connectivity index (χ3n) is 3.55. The van der Waals surface area contributed by atoms with Gasteiger partial charge in [-0.3, -0.25) is 4.79 Å². The van der Waals surface area contributed by atoms with Crippen molar-refractivity contribution in [2.24, 2.45) is 0 Å². The van der Waals surface area contributed by atoms with Gasteiger partial charge in [0.2, 0.25) is 5.91 Å². The Kier molecular flexibility index (Phi) is 5.38. The van der Waals surface area contributed by atoms with E-state index < -0.39 is 0 Å². The van der Waals surface area contributed by atoms with Crippen molar-refractivity contribution in [3.8, 4) is 5.75 Å². The summed E-state index contributed by atoms with van der Waals surface area (Å²) in [7, 11) is 1.60. The van der Waals surface area contributed by atoms with Gasteiger partial charge in [-0.2, -0.15) is 0 Å². The molecular weight excluding hydrogens is 335 g/mol. The Hall–Kier alpha value is -3.48. The summed E-state index contributed by atoms with van der Waals surface area (Å²) in [5.41, 5.74) is 1.53. The molecule has 1 aromatic heterocycles. The maximum Gasteiger partial charge on any atom is 0.229 e. The van der Waals surface area contributed by atoms with Crippen LogP contribution in [0.4, 0.5) is 21.7 Å². The highest BCUT2D eigenvalue weighted by molar-refractivity contribution is 5.91. The molecular formula is C19H17FN4O2. The van der Waals surface area contributed by atoms with Crippen LogP contribution in [-0.4, -0.2) is 23.2 Å². The second-order valence-electron chi connectivity index (χ2n) is 5.51. The number of carbonyl (C=O) groups excluding carboxylic acids is 1. The van der Waals surface area contributed by atoms with Crippen LogP contribution in [0.25, 0.3) is 0 Å². The molecule has 2 N–H and O–H groups in total. The minimum absolute atomic E-state index is 0.131. The number of anilines is 3. The van der Waals surface area contributed by atoms with E-state index in [0.29, 0.717) is 17.2 Å². The standard InChI is InChI=1S/C19H17FN4O2/c1-26-16-4-2-3-15(12-16)21-17-9-10-18(24-23-17)22-19(25)11-13-5-7-14(20)8-6-13/h2-10,12H,11H2,1H3,(H,21,23)(H,22,24,25). The van der Waals surface area contributed by atoms with Gasteiger partial charge in [-0.15, -0.1) is 10.2 Å². The largest absolute Gasteiger partial charge is 0.497 e. The second-order valence-corrected chi connectivity index (χ2v) is 5.51. The normalized spacial score (nSPS) is 10.2. The number of benzene rings is 2. The topological polar surface area (TPSA) is 76.1 Å². The van der Waals surface area contributed by atoms with E-state index in [1.807, 2.05) is 24.3 Å². The Bertz CT molecular complexity index is 883. The summed E-state index contributed by atoms with van der Waals surface area (Å²) in [6.07, 6.45) is 0.131. The highest BCUT2D eigenvalue weighted by Crippen LogP contribution is 2.20. The zero-order valence-electron chi connectivity index (χ0n) is 14.1. The highest BCUT2D eigenvalue weighted by Gasteiger charge is 2.06. The van der Waals surface area contributed by atoms with Gasteiger partial charge >= 0.3 is 0 Å². The van der Waals surface area contributed by atoms with Crippen LogP contribution < -0.4 is 15.4 Å². The van der Waals surface area contributed by atoms with E-state index in [0.717, 1.165) is 11.4 Å². The Morgan fingerprint density at radius 3 is 2.46 bits per heavy atom. The van der Waals surface area contributed by atoms with E-state index in [9.17, 15) is 9.18 Å². The number of hydrogen-bond donors (Lipinski definition) is 2. The number of aromatic nitrogens is 2. The molecule has 0 saturated heterocycles. The maximum absolute atomic E-state index is 12.9. The lowest BCUT2D eigenvalue weighted by atomic mass is 10.1. The molecule has 3 aromatic rings. The molecule has 0 fully saturated rings. The number of halogens is 1. The molecule has 7 heteroatoms. The first kappa shape index (κ1) is 17.3. The monoisotopic (exact) mass is 352 g/mol. The summed E-state index contributed by atoms with van der Waals surface area (Å²) in [6.45, 7) is 0. The first-order chi connectivity index (χ1) is 12.6. The van der Waals surface area contributed by atoms with Crippen LogP contribution >= 0.6 is 0 Å². The van der Waals surface area contributed by atoms with Gasteiger partial charge in [0.1, 0.15) is 11.6 Å². The molecule has 2 aromatic carbocycles. The van der Waals surface area contributed by atoms with E-state index >= 15 is 0 Å². The van der Waals surface area contributed by atoms with Crippen molar-refractivity contribution in [3.63, 3.8) is 0 Å². The predicted octanol–water partition coefficient (Wildman–Crippen LogP) is 3.55. The fourth-order valence-corrected chi connectivity index (χ4v) is 2.29. The number of ether oxygens (including phenoxy) is 1. The minimum Gasteiger partial charge on any atom is -0.497 e. The smallest absolute Gasteiger partial charge is 0.229 e. The van der Waals surface area contributed by atoms with Gasteiger partial charge in [-0.1, -0.05) is 18.2 Å². The second kappa shape index (κ2) is 8.06. The van der Waals surface area contributed by atoms with E-state index in [1.54, 1.807) is 31.4 Å². The molecule has 26 heavy (non-hydrogen) atoms. The van der Waals surface area contributed by atoms with E-state index in [4.69, 9.17) is 4.74 Å². The quantitative estimate of drug-likeness (QED) is 0.709. The molecule has 6 nitrogen and oxygen atoms in total. The van der Waals surface area contributed by atoms with Crippen LogP contribution in [0, 0.1) is 5.82 Å². The zero-order valence-corrected chi connectivity index (χ0v) is 14.1. The fourth-order valence-electron chi connectivity index (χ4n) is 2.29. The van der Waals surface area contributed by atoms with Gasteiger partial charge in [-0.05, 0) is 42.0 Å². The van der Waals surface area contributed by atoms with Crippen LogP contribution in [0.2, 0.25) is 0 Å². The summed E-state index contributed by atoms with van der Waals surface area (Å²) in [5, 5.41) is 13.8. The van der Waals surface area contributed by atoms with Crippen molar-refractivity contribution in [1.82, 2.24) is 10.2 Å². The molecule has 0 spiro atoms. The average molecular weight is 352 g/mol. The molecule has 0 aliphatic heterocycles. The van der Waals surface area contributed by atoms with Gasteiger partial charge in [0.15, 0.2) is 11.6 Å². The van der Waals surface area contributed by atoms with Crippen LogP contribution in [0.1, 0.15) is 5.56 Å². The summed E-state index contributed by atoms with van der Waals surface area (Å²) in [4.78, 5) is 12.0. The lowest BCUT2D eigenvalue weighted by Crippen LogP contribution is -2.15. The Labute approximate surface area is 150 Å². The maximum atomic E-state index is 12.9. The lowest BCUT2D eigenvalue weighted by Gasteiger charge is -2.08. The van der Waals surface area contributed by atoms with Gasteiger partial charge in [0.05, 0.1) is 13.5 Å². The number of nitrogens with zero attached hydrogens (tertiary/aromatic N) is 2. The van der Waals surface area contributed by atoms with Crippen molar-refractivity contribution in [2.45, 2.75) is 6.42 Å². The average Bonchev–Trinajstić information content (AvgIpc) is 2.65. The molecule has 0 bridgehead atoms. The van der Waals surface area contributed by atoms with Crippen LogP contribution in [0.3, 0.4) is 0 Å². The van der Waals surface area contributed by atoms with Gasteiger partial charge < -0.3 is 15.4 Å². The number of amides is 1. The van der Waals surface area contributed by atoms with Crippen LogP contribution in [0.5, 0.6) is 5.75 Å². The third kappa shape index (κ3) is 4.76. The van der Waals surface area contributed by atoms with Crippen molar-refractivity contribution in [3.05, 3.63) is 72.0 Å². The van der Waals surface area contributed by atoms with Crippen molar-refractivity contribution >= 4 is 23.2 Å². The Morgan fingerprint density at radius 1 is 1.04 bits per heavy atom. The van der Waals surface area contributed by atoms with E-state index in [2.05, 4.69) is 20.8 Å². The zero-order chi connectivity index (χ0) is 18.4. The summed E-state index contributed by atoms with van der Waals surface area (Å²) < 4.78 is 18.0. The third-order valence-corrected chi connectivity index (χ3v) is 3.55. The number of hydrogen-bond acceptors (Lipinski definition) is 5. The molecule has 0 unspecified atom stereocenters. The van der Waals surface area contributed by atoms with Gasteiger partial charge in [-0.25, -0.2) is 4.39 Å². The Balaban J connectivity index is 1.58. The molecule has 0 saturated carbocycles. The van der Waals surface area contributed by atoms with E-state index in [1.165, 1.54) is 12.1 Å². The van der Waals surface area contributed by atoms with Crippen molar-refractivity contribution in [1.29, 1.82) is 0 Å². The summed E-state index contributed by atoms with van der Waals surface area (Å²) in [6, 6.07) is 16.6.